The van der Waals surface area contributed by atoms with Gasteiger partial charge in [0.15, 0.2) is 0 Å². The molecule has 3 nitrogen and oxygen atoms in total. The zero-order valence-electron chi connectivity index (χ0n) is 16.5. The van der Waals surface area contributed by atoms with E-state index in [-0.39, 0.29) is 5.41 Å². The maximum atomic E-state index is 12.3. The van der Waals surface area contributed by atoms with Gasteiger partial charge in [0.2, 0.25) is 0 Å². The van der Waals surface area contributed by atoms with Crippen LogP contribution in [-0.2, 0) is 4.79 Å². The van der Waals surface area contributed by atoms with Gasteiger partial charge in [-0.1, -0.05) is 58.2 Å². The number of fused-ring (bicyclic) bond motifs is 1. The maximum absolute atomic E-state index is 12.3. The predicted octanol–water partition coefficient (Wildman–Crippen LogP) is 6.20. The zero-order valence-corrected chi connectivity index (χ0v) is 16.5. The van der Waals surface area contributed by atoms with Crippen molar-refractivity contribution in [3.8, 4) is 0 Å². The van der Waals surface area contributed by atoms with Crippen molar-refractivity contribution in [3.05, 3.63) is 41.1 Å². The molecule has 26 heavy (non-hydrogen) atoms. The quantitative estimate of drug-likeness (QED) is 0.712. The first-order valence-electron chi connectivity index (χ1n) is 9.90. The average molecular weight is 354 g/mol. The number of aliphatic carboxylic acids is 1. The topological polar surface area (TPSA) is 50.2 Å². The van der Waals surface area contributed by atoms with Crippen LogP contribution in [0.1, 0.15) is 88.0 Å². The molecule has 0 spiro atoms. The summed E-state index contributed by atoms with van der Waals surface area (Å²) in [7, 11) is 0. The van der Waals surface area contributed by atoms with E-state index in [0.717, 1.165) is 35.0 Å². The molecule has 0 radical (unpaired) electrons. The molecule has 1 aliphatic rings. The Hall–Kier alpha value is -1.90. The van der Waals surface area contributed by atoms with Crippen LogP contribution in [0, 0.1) is 12.3 Å². The van der Waals surface area contributed by atoms with E-state index in [2.05, 4.69) is 39.0 Å². The largest absolute Gasteiger partial charge is 0.481 e. The number of hydrogen-bond donors (Lipinski definition) is 1. The maximum Gasteiger partial charge on any atom is 0.311 e. The molecule has 3 heteroatoms. The van der Waals surface area contributed by atoms with E-state index < -0.39 is 11.9 Å². The number of rotatable bonds is 4. The van der Waals surface area contributed by atoms with Gasteiger partial charge in [0.25, 0.3) is 0 Å². The molecule has 0 saturated heterocycles. The van der Waals surface area contributed by atoms with E-state index in [4.69, 9.17) is 4.98 Å². The summed E-state index contributed by atoms with van der Waals surface area (Å²) >= 11 is 0. The molecule has 2 aromatic rings. The molecule has 1 aromatic heterocycles. The summed E-state index contributed by atoms with van der Waals surface area (Å²) in [5.74, 6) is -0.770. The van der Waals surface area contributed by atoms with Crippen LogP contribution in [0.4, 0.5) is 0 Å². The van der Waals surface area contributed by atoms with Crippen LogP contribution in [-0.4, -0.2) is 16.1 Å². The molecule has 1 heterocycles. The second-order valence-corrected chi connectivity index (χ2v) is 9.03. The minimum absolute atomic E-state index is 0.0506. The lowest BCUT2D eigenvalue weighted by atomic mass is 9.74. The first-order valence-corrected chi connectivity index (χ1v) is 9.90. The highest BCUT2D eigenvalue weighted by molar-refractivity contribution is 5.87. The zero-order chi connectivity index (χ0) is 18.9. The molecule has 1 atom stereocenters. The van der Waals surface area contributed by atoms with Gasteiger partial charge in [-0.15, -0.1) is 0 Å². The lowest BCUT2D eigenvalue weighted by Gasteiger charge is -2.31. The number of benzene rings is 1. The van der Waals surface area contributed by atoms with E-state index in [1.54, 1.807) is 0 Å². The first-order chi connectivity index (χ1) is 12.3. The number of aromatic nitrogens is 1. The third-order valence-electron chi connectivity index (χ3n) is 5.64. The van der Waals surface area contributed by atoms with Crippen molar-refractivity contribution in [1.82, 2.24) is 4.98 Å². The fourth-order valence-electron chi connectivity index (χ4n) is 4.58. The molecule has 1 N–H and O–H groups in total. The minimum atomic E-state index is -0.725. The summed E-state index contributed by atoms with van der Waals surface area (Å²) in [5, 5.41) is 11.2. The van der Waals surface area contributed by atoms with Crippen molar-refractivity contribution in [2.24, 2.45) is 5.41 Å². The summed E-state index contributed by atoms with van der Waals surface area (Å²) in [6, 6.07) is 8.25. The van der Waals surface area contributed by atoms with Crippen LogP contribution >= 0.6 is 0 Å². The molecule has 0 amide bonds. The Bertz CT molecular complexity index is 798. The number of para-hydroxylation sites is 1. The van der Waals surface area contributed by atoms with Gasteiger partial charge in [-0.05, 0) is 54.7 Å². The summed E-state index contributed by atoms with van der Waals surface area (Å²) in [6.07, 6.45) is 6.69. The molecule has 0 aliphatic heterocycles. The van der Waals surface area contributed by atoms with Crippen LogP contribution in [0.15, 0.2) is 24.3 Å². The molecular formula is C23H31NO2. The second-order valence-electron chi connectivity index (χ2n) is 9.03. The standard InChI is InChI=1S/C23H31NO2/c1-15-20(18(22(25)26)14-23(2,3)4)21(16-10-6-5-7-11-16)17-12-8-9-13-19(17)24-15/h8-9,12-13,16,18H,5-7,10-11,14H2,1-4H3,(H,25,26). The lowest BCUT2D eigenvalue weighted by molar-refractivity contribution is -0.139. The molecule has 1 aromatic carbocycles. The highest BCUT2D eigenvalue weighted by Crippen LogP contribution is 2.43. The third-order valence-corrected chi connectivity index (χ3v) is 5.64. The fraction of sp³-hybridized carbons (Fsp3) is 0.565. The van der Waals surface area contributed by atoms with E-state index in [1.807, 2.05) is 13.0 Å². The van der Waals surface area contributed by atoms with Crippen LogP contribution in [0.3, 0.4) is 0 Å². The first kappa shape index (κ1) is 18.9. The Kier molecular flexibility index (Phi) is 5.36. The van der Waals surface area contributed by atoms with Gasteiger partial charge in [-0.2, -0.15) is 0 Å². The van der Waals surface area contributed by atoms with Crippen LogP contribution in [0.25, 0.3) is 10.9 Å². The van der Waals surface area contributed by atoms with E-state index >= 15 is 0 Å². The summed E-state index contributed by atoms with van der Waals surface area (Å²) in [4.78, 5) is 17.1. The van der Waals surface area contributed by atoms with Crippen molar-refractivity contribution in [3.63, 3.8) is 0 Å². The molecule has 1 fully saturated rings. The van der Waals surface area contributed by atoms with Crippen LogP contribution in [0.2, 0.25) is 0 Å². The van der Waals surface area contributed by atoms with Gasteiger partial charge < -0.3 is 5.11 Å². The average Bonchev–Trinajstić information content (AvgIpc) is 2.58. The summed E-state index contributed by atoms with van der Waals surface area (Å²) in [5.41, 5.74) is 4.09. The van der Waals surface area contributed by atoms with Gasteiger partial charge in [-0.25, -0.2) is 0 Å². The lowest BCUT2D eigenvalue weighted by Crippen LogP contribution is -2.23. The normalized spacial score (nSPS) is 17.4. The van der Waals surface area contributed by atoms with E-state index in [1.165, 1.54) is 24.8 Å². The van der Waals surface area contributed by atoms with Crippen molar-refractivity contribution < 1.29 is 9.90 Å². The number of pyridine rings is 1. The number of carboxylic acids is 1. The molecule has 1 saturated carbocycles. The number of carboxylic acid groups (broad SMARTS) is 1. The van der Waals surface area contributed by atoms with Crippen LogP contribution in [0.5, 0.6) is 0 Å². The Labute approximate surface area is 156 Å². The fourth-order valence-corrected chi connectivity index (χ4v) is 4.58. The van der Waals surface area contributed by atoms with Gasteiger partial charge in [0, 0.05) is 11.1 Å². The summed E-state index contributed by atoms with van der Waals surface area (Å²) in [6.45, 7) is 8.35. The molecule has 140 valence electrons. The molecule has 0 bridgehead atoms. The number of aryl methyl sites for hydroxylation is 1. The van der Waals surface area contributed by atoms with Gasteiger partial charge in [-0.3, -0.25) is 9.78 Å². The SMILES string of the molecule is Cc1nc2ccccc2c(C2CCCCC2)c1C(CC(C)(C)C)C(=O)O. The second kappa shape index (κ2) is 7.38. The number of hydrogen-bond acceptors (Lipinski definition) is 2. The number of carbonyl (C=O) groups is 1. The smallest absolute Gasteiger partial charge is 0.311 e. The molecular weight excluding hydrogens is 322 g/mol. The van der Waals surface area contributed by atoms with Crippen molar-refractivity contribution in [2.45, 2.75) is 78.1 Å². The Balaban J connectivity index is 2.25. The predicted molar refractivity (Wildman–Crippen MR) is 107 cm³/mol. The van der Waals surface area contributed by atoms with Gasteiger partial charge in [0.1, 0.15) is 0 Å². The monoisotopic (exact) mass is 353 g/mol. The Morgan fingerprint density at radius 2 is 1.85 bits per heavy atom. The Morgan fingerprint density at radius 3 is 2.46 bits per heavy atom. The van der Waals surface area contributed by atoms with Crippen molar-refractivity contribution in [2.75, 3.05) is 0 Å². The minimum Gasteiger partial charge on any atom is -0.481 e. The summed E-state index contributed by atoms with van der Waals surface area (Å²) < 4.78 is 0. The van der Waals surface area contributed by atoms with Crippen molar-refractivity contribution in [1.29, 1.82) is 0 Å². The van der Waals surface area contributed by atoms with Gasteiger partial charge >= 0.3 is 5.97 Å². The van der Waals surface area contributed by atoms with Crippen LogP contribution < -0.4 is 0 Å². The Morgan fingerprint density at radius 1 is 1.19 bits per heavy atom. The third kappa shape index (κ3) is 3.92. The molecule has 3 rings (SSSR count). The van der Waals surface area contributed by atoms with E-state index in [9.17, 15) is 9.90 Å². The van der Waals surface area contributed by atoms with E-state index in [0.29, 0.717) is 12.3 Å². The molecule has 1 unspecified atom stereocenters. The highest BCUT2D eigenvalue weighted by atomic mass is 16.4. The molecule has 1 aliphatic carbocycles. The number of nitrogens with zero attached hydrogens (tertiary/aromatic N) is 1. The van der Waals surface area contributed by atoms with Crippen molar-refractivity contribution >= 4 is 16.9 Å². The highest BCUT2D eigenvalue weighted by Gasteiger charge is 2.33. The van der Waals surface area contributed by atoms with Gasteiger partial charge in [0.05, 0.1) is 11.4 Å².